The van der Waals surface area contributed by atoms with Crippen molar-refractivity contribution >= 4 is 5.97 Å². The molecule has 3 heteroatoms. The topological polar surface area (TPSA) is 40.5 Å². The summed E-state index contributed by atoms with van der Waals surface area (Å²) in [6.45, 7) is 13.0. The van der Waals surface area contributed by atoms with Crippen LogP contribution < -0.4 is 0 Å². The molecular formula is C11H19NO2. The van der Waals surface area contributed by atoms with Gasteiger partial charge in [-0.05, 0) is 6.92 Å². The molecule has 1 unspecified atom stereocenters. The maximum absolute atomic E-state index is 10.6. The van der Waals surface area contributed by atoms with E-state index in [-0.39, 0.29) is 5.92 Å². The molecule has 0 aromatic heterocycles. The van der Waals surface area contributed by atoms with E-state index in [2.05, 4.69) is 13.2 Å². The van der Waals surface area contributed by atoms with E-state index in [9.17, 15) is 4.79 Å². The van der Waals surface area contributed by atoms with E-state index >= 15 is 0 Å². The highest BCUT2D eigenvalue weighted by molar-refractivity contribution is 5.69. The lowest BCUT2D eigenvalue weighted by molar-refractivity contribution is -0.141. The molecule has 0 saturated carbocycles. The number of carbonyl (C=O) groups is 1. The molecule has 0 rings (SSSR count). The normalized spacial score (nSPS) is 12.5. The van der Waals surface area contributed by atoms with E-state index < -0.39 is 5.97 Å². The zero-order valence-corrected chi connectivity index (χ0v) is 8.99. The molecule has 0 aliphatic heterocycles. The number of aliphatic carboxylic acids is 1. The second-order valence-electron chi connectivity index (χ2n) is 3.68. The van der Waals surface area contributed by atoms with Gasteiger partial charge in [0.1, 0.15) is 0 Å². The maximum Gasteiger partial charge on any atom is 0.307 e. The standard InChI is InChI=1S/C11H19NO2/c1-5-6-12(7-9(2)3)8-10(4)11(13)14/h5,10H,1-2,6-8H2,3-4H3,(H,13,14). The molecule has 0 aromatic rings. The fraction of sp³-hybridized carbons (Fsp3) is 0.545. The number of nitrogens with zero attached hydrogens (tertiary/aromatic N) is 1. The van der Waals surface area contributed by atoms with E-state index in [1.54, 1.807) is 13.0 Å². The van der Waals surface area contributed by atoms with Crippen LogP contribution in [0.25, 0.3) is 0 Å². The highest BCUT2D eigenvalue weighted by atomic mass is 16.4. The fourth-order valence-electron chi connectivity index (χ4n) is 1.23. The van der Waals surface area contributed by atoms with Crippen LogP contribution in [0.4, 0.5) is 0 Å². The second kappa shape index (κ2) is 6.38. The minimum atomic E-state index is -0.763. The molecule has 0 heterocycles. The van der Waals surface area contributed by atoms with E-state index in [1.165, 1.54) is 0 Å². The summed E-state index contributed by atoms with van der Waals surface area (Å²) in [5, 5.41) is 8.76. The van der Waals surface area contributed by atoms with Gasteiger partial charge in [0, 0.05) is 19.6 Å². The van der Waals surface area contributed by atoms with Gasteiger partial charge in [0.2, 0.25) is 0 Å². The minimum Gasteiger partial charge on any atom is -0.481 e. The third kappa shape index (κ3) is 5.54. The van der Waals surface area contributed by atoms with Crippen LogP contribution in [0.3, 0.4) is 0 Å². The van der Waals surface area contributed by atoms with Crippen LogP contribution in [0.15, 0.2) is 24.8 Å². The lowest BCUT2D eigenvalue weighted by atomic mass is 10.1. The summed E-state index contributed by atoms with van der Waals surface area (Å²) in [7, 11) is 0. The third-order valence-electron chi connectivity index (χ3n) is 1.83. The van der Waals surface area contributed by atoms with Crippen LogP contribution in [-0.4, -0.2) is 35.6 Å². The summed E-state index contributed by atoms with van der Waals surface area (Å²) in [6, 6.07) is 0. The molecule has 0 saturated heterocycles. The van der Waals surface area contributed by atoms with E-state index in [0.29, 0.717) is 13.1 Å². The quantitative estimate of drug-likeness (QED) is 0.632. The molecule has 0 aliphatic rings. The van der Waals surface area contributed by atoms with Gasteiger partial charge < -0.3 is 5.11 Å². The van der Waals surface area contributed by atoms with Crippen molar-refractivity contribution in [3.05, 3.63) is 24.8 Å². The molecule has 0 fully saturated rings. The van der Waals surface area contributed by atoms with Crippen molar-refractivity contribution in [2.45, 2.75) is 13.8 Å². The Hall–Kier alpha value is -1.09. The smallest absolute Gasteiger partial charge is 0.307 e. The largest absolute Gasteiger partial charge is 0.481 e. The molecule has 0 aromatic carbocycles. The van der Waals surface area contributed by atoms with Gasteiger partial charge >= 0.3 is 5.97 Å². The van der Waals surface area contributed by atoms with Gasteiger partial charge in [-0.2, -0.15) is 0 Å². The Balaban J connectivity index is 4.13. The maximum atomic E-state index is 10.6. The molecule has 0 bridgehead atoms. The molecule has 0 aliphatic carbocycles. The summed E-state index contributed by atoms with van der Waals surface area (Å²) >= 11 is 0. The predicted molar refractivity (Wildman–Crippen MR) is 58.3 cm³/mol. The highest BCUT2D eigenvalue weighted by Gasteiger charge is 2.14. The molecule has 0 spiro atoms. The highest BCUT2D eigenvalue weighted by Crippen LogP contribution is 2.03. The Labute approximate surface area is 85.7 Å². The first-order valence-electron chi connectivity index (χ1n) is 4.67. The molecule has 0 amide bonds. The number of hydrogen-bond donors (Lipinski definition) is 1. The van der Waals surface area contributed by atoms with E-state index in [4.69, 9.17) is 5.11 Å². The third-order valence-corrected chi connectivity index (χ3v) is 1.83. The lowest BCUT2D eigenvalue weighted by Crippen LogP contribution is -2.33. The van der Waals surface area contributed by atoms with E-state index in [1.807, 2.05) is 11.8 Å². The first-order valence-corrected chi connectivity index (χ1v) is 4.67. The number of carboxylic acid groups (broad SMARTS) is 1. The van der Waals surface area contributed by atoms with Gasteiger partial charge in [-0.25, -0.2) is 0 Å². The summed E-state index contributed by atoms with van der Waals surface area (Å²) < 4.78 is 0. The summed E-state index contributed by atoms with van der Waals surface area (Å²) in [5.41, 5.74) is 1.03. The molecule has 1 atom stereocenters. The Morgan fingerprint density at radius 2 is 2.21 bits per heavy atom. The predicted octanol–water partition coefficient (Wildman–Crippen LogP) is 1.77. The van der Waals surface area contributed by atoms with Crippen molar-refractivity contribution in [1.82, 2.24) is 4.90 Å². The molecule has 1 N–H and O–H groups in total. The lowest BCUT2D eigenvalue weighted by Gasteiger charge is -2.22. The summed E-state index contributed by atoms with van der Waals surface area (Å²) in [6.07, 6.45) is 1.78. The number of rotatable bonds is 7. The van der Waals surface area contributed by atoms with E-state index in [0.717, 1.165) is 12.1 Å². The van der Waals surface area contributed by atoms with Crippen LogP contribution in [0.1, 0.15) is 13.8 Å². The van der Waals surface area contributed by atoms with Gasteiger partial charge in [-0.15, -0.1) is 6.58 Å². The molecular weight excluding hydrogens is 178 g/mol. The monoisotopic (exact) mass is 197 g/mol. The van der Waals surface area contributed by atoms with Crippen molar-refractivity contribution < 1.29 is 9.90 Å². The van der Waals surface area contributed by atoms with Crippen LogP contribution in [-0.2, 0) is 4.79 Å². The zero-order valence-electron chi connectivity index (χ0n) is 8.99. The van der Waals surface area contributed by atoms with Crippen molar-refractivity contribution in [3.8, 4) is 0 Å². The van der Waals surface area contributed by atoms with Gasteiger partial charge in [0.25, 0.3) is 0 Å². The van der Waals surface area contributed by atoms with Gasteiger partial charge in [0.05, 0.1) is 5.92 Å². The van der Waals surface area contributed by atoms with Crippen LogP contribution in [0, 0.1) is 5.92 Å². The Bertz CT molecular complexity index is 223. The Morgan fingerprint density at radius 1 is 1.64 bits per heavy atom. The molecule has 0 radical (unpaired) electrons. The SMILES string of the molecule is C=CCN(CC(=C)C)CC(C)C(=O)O. The Morgan fingerprint density at radius 3 is 2.57 bits per heavy atom. The van der Waals surface area contributed by atoms with Crippen LogP contribution >= 0.6 is 0 Å². The van der Waals surface area contributed by atoms with Crippen molar-refractivity contribution in [2.75, 3.05) is 19.6 Å². The average molecular weight is 197 g/mol. The molecule has 80 valence electrons. The first-order chi connectivity index (χ1) is 6.47. The molecule has 14 heavy (non-hydrogen) atoms. The second-order valence-corrected chi connectivity index (χ2v) is 3.68. The van der Waals surface area contributed by atoms with Crippen molar-refractivity contribution in [2.24, 2.45) is 5.92 Å². The first kappa shape index (κ1) is 12.9. The van der Waals surface area contributed by atoms with Crippen LogP contribution in [0.5, 0.6) is 0 Å². The fourth-order valence-corrected chi connectivity index (χ4v) is 1.23. The van der Waals surface area contributed by atoms with Gasteiger partial charge in [0.15, 0.2) is 0 Å². The Kier molecular flexibility index (Phi) is 5.88. The van der Waals surface area contributed by atoms with Crippen molar-refractivity contribution in [3.63, 3.8) is 0 Å². The van der Waals surface area contributed by atoms with Gasteiger partial charge in [-0.3, -0.25) is 9.69 Å². The average Bonchev–Trinajstić information content (AvgIpc) is 2.02. The number of carboxylic acids is 1. The summed E-state index contributed by atoms with van der Waals surface area (Å²) in [4.78, 5) is 12.7. The molecule has 3 nitrogen and oxygen atoms in total. The van der Waals surface area contributed by atoms with Crippen LogP contribution in [0.2, 0.25) is 0 Å². The van der Waals surface area contributed by atoms with Crippen molar-refractivity contribution in [1.29, 1.82) is 0 Å². The summed E-state index contributed by atoms with van der Waals surface area (Å²) in [5.74, 6) is -1.12. The van der Waals surface area contributed by atoms with Gasteiger partial charge in [-0.1, -0.05) is 25.2 Å². The number of hydrogen-bond acceptors (Lipinski definition) is 2. The minimum absolute atomic E-state index is 0.353. The zero-order chi connectivity index (χ0) is 11.1.